The highest BCUT2D eigenvalue weighted by atomic mass is 32.2. The molecule has 0 aliphatic heterocycles. The smallest absolute Gasteiger partial charge is 0.313 e. The zero-order valence-corrected chi connectivity index (χ0v) is 14.3. The van der Waals surface area contributed by atoms with Crippen LogP contribution in [0.2, 0.25) is 0 Å². The molecule has 2 heterocycles. The molecule has 0 aromatic carbocycles. The van der Waals surface area contributed by atoms with Gasteiger partial charge in [-0.25, -0.2) is 4.98 Å². The van der Waals surface area contributed by atoms with Crippen molar-refractivity contribution in [2.24, 2.45) is 0 Å². The van der Waals surface area contributed by atoms with Crippen molar-refractivity contribution in [1.82, 2.24) is 15.0 Å². The van der Waals surface area contributed by atoms with E-state index in [-0.39, 0.29) is 10.6 Å². The number of aromatic amines is 2. The van der Waals surface area contributed by atoms with E-state index < -0.39 is 0 Å². The number of anilines is 1. The summed E-state index contributed by atoms with van der Waals surface area (Å²) in [6.07, 6.45) is 6.16. The quantitative estimate of drug-likeness (QED) is 0.349. The number of nitrogens with one attached hydrogen (secondary N) is 3. The molecule has 2 rings (SSSR count). The number of aromatic nitrogens is 3. The Morgan fingerprint density at radius 1 is 1.43 bits per heavy atom. The number of hydrogen-bond acceptors (Lipinski definition) is 5. The maximum Gasteiger partial charge on any atom is 0.313 e. The van der Waals surface area contributed by atoms with Gasteiger partial charge in [-0.05, 0) is 19.8 Å². The van der Waals surface area contributed by atoms with Gasteiger partial charge in [0, 0.05) is 35.5 Å². The number of rotatable bonds is 10. The predicted octanol–water partition coefficient (Wildman–Crippen LogP) is 3.64. The molecule has 2 aromatic rings. The number of nitrogens with zero attached hydrogens (tertiary/aromatic N) is 2. The van der Waals surface area contributed by atoms with Crippen LogP contribution in [0.25, 0.3) is 0 Å². The van der Waals surface area contributed by atoms with Crippen LogP contribution in [0.1, 0.15) is 36.7 Å². The molecule has 7 nitrogen and oxygen atoms in total. The van der Waals surface area contributed by atoms with Gasteiger partial charge in [-0.1, -0.05) is 13.3 Å². The summed E-state index contributed by atoms with van der Waals surface area (Å²) in [4.78, 5) is 21.3. The Hall–Kier alpha value is -1.96. The fourth-order valence-electron chi connectivity index (χ4n) is 2.31. The lowest BCUT2D eigenvalue weighted by atomic mass is 10.1. The van der Waals surface area contributed by atoms with Gasteiger partial charge in [0.05, 0.1) is 16.9 Å². The van der Waals surface area contributed by atoms with Crippen LogP contribution in [0.15, 0.2) is 12.5 Å². The standard InChI is InChI=1S/C15H23N5O2S/c1-3-4-5-12-8-17-15(14(12)20(21)22)16-6-7-23-9-13-11(2)18-10-19-13/h8,10,16-17H,3-7,9H2,1-2H3,(H,18,19). The maximum atomic E-state index is 11.3. The number of nitro groups is 1. The van der Waals surface area contributed by atoms with Crippen LogP contribution in [0.5, 0.6) is 0 Å². The first kappa shape index (κ1) is 17.4. The summed E-state index contributed by atoms with van der Waals surface area (Å²) in [5, 5.41) is 14.4. The second-order valence-corrected chi connectivity index (χ2v) is 6.46. The van der Waals surface area contributed by atoms with E-state index in [2.05, 4.69) is 27.2 Å². The van der Waals surface area contributed by atoms with E-state index in [1.165, 1.54) is 0 Å². The maximum absolute atomic E-state index is 11.3. The Kier molecular flexibility index (Phi) is 6.52. The molecule has 0 radical (unpaired) electrons. The average Bonchev–Trinajstić information content (AvgIpc) is 3.11. The zero-order chi connectivity index (χ0) is 16.7. The van der Waals surface area contributed by atoms with Crippen molar-refractivity contribution in [3.8, 4) is 0 Å². The van der Waals surface area contributed by atoms with E-state index in [4.69, 9.17) is 0 Å². The van der Waals surface area contributed by atoms with Gasteiger partial charge in [-0.3, -0.25) is 10.1 Å². The minimum absolute atomic E-state index is 0.187. The minimum atomic E-state index is -0.302. The Morgan fingerprint density at radius 2 is 2.26 bits per heavy atom. The number of unbranched alkanes of at least 4 members (excludes halogenated alkanes) is 1. The SMILES string of the molecule is CCCCc1c[nH]c(NCCSCc2nc[nH]c2C)c1[N+](=O)[O-]. The molecule has 2 aromatic heterocycles. The topological polar surface area (TPSA) is 99.6 Å². The number of thioether (sulfide) groups is 1. The first-order valence-corrected chi connectivity index (χ1v) is 8.94. The van der Waals surface area contributed by atoms with E-state index in [9.17, 15) is 10.1 Å². The van der Waals surface area contributed by atoms with Gasteiger partial charge in [0.1, 0.15) is 0 Å². The van der Waals surface area contributed by atoms with Crippen molar-refractivity contribution in [3.63, 3.8) is 0 Å². The molecule has 0 aliphatic carbocycles. The van der Waals surface area contributed by atoms with Gasteiger partial charge in [-0.2, -0.15) is 11.8 Å². The molecule has 0 spiro atoms. The van der Waals surface area contributed by atoms with Crippen molar-refractivity contribution in [2.75, 3.05) is 17.6 Å². The summed E-state index contributed by atoms with van der Waals surface area (Å²) >= 11 is 1.75. The first-order chi connectivity index (χ1) is 11.1. The zero-order valence-electron chi connectivity index (χ0n) is 13.5. The Morgan fingerprint density at radius 3 is 2.91 bits per heavy atom. The van der Waals surface area contributed by atoms with Gasteiger partial charge in [0.25, 0.3) is 0 Å². The number of hydrogen-bond donors (Lipinski definition) is 3. The Labute approximate surface area is 139 Å². The summed E-state index contributed by atoms with van der Waals surface area (Å²) in [7, 11) is 0. The van der Waals surface area contributed by atoms with E-state index in [1.54, 1.807) is 24.3 Å². The molecular weight excluding hydrogens is 314 g/mol. The molecule has 0 saturated heterocycles. The molecule has 23 heavy (non-hydrogen) atoms. The number of aryl methyl sites for hydroxylation is 2. The predicted molar refractivity (Wildman–Crippen MR) is 94.0 cm³/mol. The lowest BCUT2D eigenvalue weighted by Crippen LogP contribution is -2.07. The average molecular weight is 337 g/mol. The fraction of sp³-hybridized carbons (Fsp3) is 0.533. The van der Waals surface area contributed by atoms with Crippen molar-refractivity contribution >= 4 is 23.3 Å². The molecule has 0 aliphatic rings. The van der Waals surface area contributed by atoms with Crippen LogP contribution in [0.3, 0.4) is 0 Å². The van der Waals surface area contributed by atoms with Crippen LogP contribution >= 0.6 is 11.8 Å². The molecule has 126 valence electrons. The van der Waals surface area contributed by atoms with Gasteiger partial charge < -0.3 is 15.3 Å². The number of imidazole rings is 1. The van der Waals surface area contributed by atoms with Gasteiger partial charge in [0.15, 0.2) is 5.82 Å². The monoisotopic (exact) mass is 337 g/mol. The van der Waals surface area contributed by atoms with Crippen LogP contribution in [0.4, 0.5) is 11.5 Å². The molecular formula is C15H23N5O2S. The van der Waals surface area contributed by atoms with Crippen LogP contribution < -0.4 is 5.32 Å². The number of H-pyrrole nitrogens is 2. The fourth-order valence-corrected chi connectivity index (χ4v) is 3.18. The summed E-state index contributed by atoms with van der Waals surface area (Å²) < 4.78 is 0. The molecule has 8 heteroatoms. The van der Waals surface area contributed by atoms with Gasteiger partial charge in [0.2, 0.25) is 0 Å². The summed E-state index contributed by atoms with van der Waals surface area (Å²) in [5.74, 6) is 2.20. The molecule has 0 bridgehead atoms. The molecule has 0 amide bonds. The van der Waals surface area contributed by atoms with Crippen LogP contribution in [0, 0.1) is 17.0 Å². The first-order valence-electron chi connectivity index (χ1n) is 7.78. The van der Waals surface area contributed by atoms with Crippen molar-refractivity contribution in [3.05, 3.63) is 39.6 Å². The third-order valence-electron chi connectivity index (χ3n) is 3.64. The minimum Gasteiger partial charge on any atom is -0.365 e. The second kappa shape index (κ2) is 8.61. The third kappa shape index (κ3) is 4.75. The van der Waals surface area contributed by atoms with Crippen LogP contribution in [-0.2, 0) is 12.2 Å². The van der Waals surface area contributed by atoms with Gasteiger partial charge in [-0.15, -0.1) is 0 Å². The molecule has 0 fully saturated rings. The van der Waals surface area contributed by atoms with E-state index in [0.29, 0.717) is 12.4 Å². The van der Waals surface area contributed by atoms with E-state index in [1.807, 2.05) is 6.92 Å². The lowest BCUT2D eigenvalue weighted by Gasteiger charge is -2.04. The highest BCUT2D eigenvalue weighted by molar-refractivity contribution is 7.98. The highest BCUT2D eigenvalue weighted by Crippen LogP contribution is 2.29. The highest BCUT2D eigenvalue weighted by Gasteiger charge is 2.21. The molecule has 3 N–H and O–H groups in total. The second-order valence-electron chi connectivity index (χ2n) is 5.35. The van der Waals surface area contributed by atoms with E-state index >= 15 is 0 Å². The van der Waals surface area contributed by atoms with Crippen molar-refractivity contribution in [2.45, 2.75) is 38.9 Å². The normalized spacial score (nSPS) is 10.9. The Balaban J connectivity index is 1.82. The van der Waals surface area contributed by atoms with Crippen molar-refractivity contribution < 1.29 is 4.92 Å². The summed E-state index contributed by atoms with van der Waals surface area (Å²) in [5.41, 5.74) is 3.11. The van der Waals surface area contributed by atoms with Crippen LogP contribution in [-0.4, -0.2) is 32.2 Å². The molecule has 0 unspecified atom stereocenters. The third-order valence-corrected chi connectivity index (χ3v) is 4.61. The largest absolute Gasteiger partial charge is 0.365 e. The van der Waals surface area contributed by atoms with E-state index in [0.717, 1.165) is 47.7 Å². The molecule has 0 atom stereocenters. The summed E-state index contributed by atoms with van der Waals surface area (Å²) in [6.45, 7) is 4.75. The Bertz CT molecular complexity index is 638. The summed E-state index contributed by atoms with van der Waals surface area (Å²) in [6, 6.07) is 0. The lowest BCUT2D eigenvalue weighted by molar-refractivity contribution is -0.384. The molecule has 0 saturated carbocycles. The van der Waals surface area contributed by atoms with Gasteiger partial charge >= 0.3 is 5.69 Å². The van der Waals surface area contributed by atoms with Crippen molar-refractivity contribution in [1.29, 1.82) is 0 Å².